The Hall–Kier alpha value is -1.78. The Morgan fingerprint density at radius 3 is 2.32 bits per heavy atom. The minimum atomic E-state index is -4.34. The molecule has 5 heteroatoms. The third-order valence-corrected chi connectivity index (χ3v) is 2.94. The molecule has 0 atom stereocenters. The van der Waals surface area contributed by atoms with E-state index in [-0.39, 0.29) is 5.92 Å². The average molecular weight is 268 g/mol. The van der Waals surface area contributed by atoms with E-state index < -0.39 is 11.7 Å². The topological polar surface area (TPSA) is 17.8 Å². The van der Waals surface area contributed by atoms with Crippen LogP contribution in [0.5, 0.6) is 0 Å². The van der Waals surface area contributed by atoms with Gasteiger partial charge >= 0.3 is 6.18 Å². The molecule has 0 aliphatic heterocycles. The molecule has 2 aromatic rings. The Bertz CT molecular complexity index is 583. The maximum absolute atomic E-state index is 12.9. The summed E-state index contributed by atoms with van der Waals surface area (Å²) in [7, 11) is 0. The summed E-state index contributed by atoms with van der Waals surface area (Å²) in [6.45, 7) is 5.55. The molecule has 0 N–H and O–H groups in total. The molecule has 0 saturated carbocycles. The first kappa shape index (κ1) is 13.6. The van der Waals surface area contributed by atoms with Crippen molar-refractivity contribution in [2.75, 3.05) is 0 Å². The highest BCUT2D eigenvalue weighted by Gasteiger charge is 2.31. The molecule has 0 aliphatic carbocycles. The fourth-order valence-corrected chi connectivity index (χ4v) is 1.84. The lowest BCUT2D eigenvalue weighted by atomic mass is 9.99. The second kappa shape index (κ2) is 4.72. The molecule has 0 unspecified atom stereocenters. The number of benzene rings is 1. The van der Waals surface area contributed by atoms with Crippen molar-refractivity contribution < 1.29 is 13.2 Å². The number of alkyl halides is 3. The van der Waals surface area contributed by atoms with Crippen LogP contribution in [0.1, 0.15) is 36.6 Å². The van der Waals surface area contributed by atoms with Gasteiger partial charge in [-0.1, -0.05) is 13.8 Å². The number of imidazole rings is 1. The summed E-state index contributed by atoms with van der Waals surface area (Å²) in [4.78, 5) is 4.04. The lowest BCUT2D eigenvalue weighted by Crippen LogP contribution is -2.08. The van der Waals surface area contributed by atoms with E-state index in [1.54, 1.807) is 23.8 Å². The summed E-state index contributed by atoms with van der Waals surface area (Å²) < 4.78 is 40.3. The van der Waals surface area contributed by atoms with E-state index >= 15 is 0 Å². The number of nitrogens with zero attached hydrogens (tertiary/aromatic N) is 2. The zero-order chi connectivity index (χ0) is 14.2. The highest BCUT2D eigenvalue weighted by atomic mass is 19.4. The van der Waals surface area contributed by atoms with Crippen molar-refractivity contribution in [2.24, 2.45) is 0 Å². The number of hydrogen-bond donors (Lipinski definition) is 0. The van der Waals surface area contributed by atoms with E-state index in [1.807, 2.05) is 13.8 Å². The van der Waals surface area contributed by atoms with E-state index in [4.69, 9.17) is 0 Å². The van der Waals surface area contributed by atoms with E-state index in [0.29, 0.717) is 11.3 Å². The summed E-state index contributed by atoms with van der Waals surface area (Å²) in [6, 6.07) is 4.12. The maximum atomic E-state index is 12.9. The van der Waals surface area contributed by atoms with Gasteiger partial charge in [-0.2, -0.15) is 13.2 Å². The molecule has 102 valence electrons. The molecular formula is C14H15F3N2. The number of aromatic nitrogens is 2. The highest BCUT2D eigenvalue weighted by molar-refractivity contribution is 5.42. The Kier molecular flexibility index (Phi) is 3.39. The van der Waals surface area contributed by atoms with E-state index in [9.17, 15) is 13.2 Å². The monoisotopic (exact) mass is 268 g/mol. The fraction of sp³-hybridized carbons (Fsp3) is 0.357. The minimum Gasteiger partial charge on any atom is -0.306 e. The number of aryl methyl sites for hydroxylation is 1. The van der Waals surface area contributed by atoms with Gasteiger partial charge in [0, 0.05) is 11.9 Å². The molecule has 2 nitrogen and oxygen atoms in total. The molecule has 1 aromatic heterocycles. The van der Waals surface area contributed by atoms with Crippen LogP contribution in [0.25, 0.3) is 5.69 Å². The molecule has 19 heavy (non-hydrogen) atoms. The molecule has 1 heterocycles. The van der Waals surface area contributed by atoms with Crippen molar-refractivity contribution >= 4 is 0 Å². The molecule has 1 aromatic carbocycles. The Labute approximate surface area is 109 Å². The van der Waals surface area contributed by atoms with Crippen molar-refractivity contribution in [3.05, 3.63) is 47.5 Å². The van der Waals surface area contributed by atoms with Crippen LogP contribution in [0.4, 0.5) is 13.2 Å². The second-order valence-corrected chi connectivity index (χ2v) is 4.89. The third kappa shape index (κ3) is 2.97. The van der Waals surface area contributed by atoms with Crippen LogP contribution < -0.4 is 0 Å². The van der Waals surface area contributed by atoms with Gasteiger partial charge in [-0.15, -0.1) is 0 Å². The molecule has 0 aliphatic rings. The van der Waals surface area contributed by atoms with Gasteiger partial charge in [0.05, 0.1) is 17.6 Å². The van der Waals surface area contributed by atoms with Gasteiger partial charge in [-0.05, 0) is 36.6 Å². The largest absolute Gasteiger partial charge is 0.416 e. The third-order valence-electron chi connectivity index (χ3n) is 2.94. The highest BCUT2D eigenvalue weighted by Crippen LogP contribution is 2.33. The number of halogens is 3. The first-order valence-corrected chi connectivity index (χ1v) is 6.00. The predicted octanol–water partition coefficient (Wildman–Crippen LogP) is 4.32. The van der Waals surface area contributed by atoms with Gasteiger partial charge in [0.25, 0.3) is 0 Å². The van der Waals surface area contributed by atoms with Crippen LogP contribution in [0.15, 0.2) is 30.7 Å². The summed E-state index contributed by atoms with van der Waals surface area (Å²) in [6.07, 6.45) is -1.11. The van der Waals surface area contributed by atoms with Crippen LogP contribution in [0.2, 0.25) is 0 Å². The summed E-state index contributed by atoms with van der Waals surface area (Å²) >= 11 is 0. The first-order chi connectivity index (χ1) is 8.77. The molecule has 0 fully saturated rings. The molecule has 0 bridgehead atoms. The molecule has 0 radical (unpaired) electrons. The lowest BCUT2D eigenvalue weighted by Gasteiger charge is -2.14. The Balaban J connectivity index is 2.58. The molecule has 0 amide bonds. The van der Waals surface area contributed by atoms with Gasteiger partial charge in [0.1, 0.15) is 0 Å². The summed E-state index contributed by atoms with van der Waals surface area (Å²) in [5, 5.41) is 0. The second-order valence-electron chi connectivity index (χ2n) is 4.89. The molecule has 0 spiro atoms. The van der Waals surface area contributed by atoms with Crippen LogP contribution in [0.3, 0.4) is 0 Å². The standard InChI is InChI=1S/C14H15F3N2/c1-9(2)11-4-12(14(15,16)17)6-13(5-11)19-7-10(3)18-8-19/h4-9H,1-3H3. The van der Waals surface area contributed by atoms with Crippen LogP contribution in [-0.4, -0.2) is 9.55 Å². The van der Waals surface area contributed by atoms with Gasteiger partial charge in [-0.25, -0.2) is 4.98 Å². The van der Waals surface area contributed by atoms with Crippen LogP contribution in [0, 0.1) is 6.92 Å². The normalized spacial score (nSPS) is 12.2. The quantitative estimate of drug-likeness (QED) is 0.793. The van der Waals surface area contributed by atoms with Crippen molar-refractivity contribution in [3.63, 3.8) is 0 Å². The fourth-order valence-electron chi connectivity index (χ4n) is 1.84. The summed E-state index contributed by atoms with van der Waals surface area (Å²) in [5.74, 6) is 0.0330. The average Bonchev–Trinajstić information content (AvgIpc) is 2.74. The maximum Gasteiger partial charge on any atom is 0.416 e. The minimum absolute atomic E-state index is 0.0330. The van der Waals surface area contributed by atoms with Crippen LogP contribution >= 0.6 is 0 Å². The number of hydrogen-bond acceptors (Lipinski definition) is 1. The molecule has 0 saturated heterocycles. The van der Waals surface area contributed by atoms with Crippen LogP contribution in [-0.2, 0) is 6.18 Å². The van der Waals surface area contributed by atoms with Crippen molar-refractivity contribution in [1.82, 2.24) is 9.55 Å². The van der Waals surface area contributed by atoms with E-state index in [1.165, 1.54) is 12.4 Å². The smallest absolute Gasteiger partial charge is 0.306 e. The van der Waals surface area contributed by atoms with Gasteiger partial charge < -0.3 is 4.57 Å². The van der Waals surface area contributed by atoms with Crippen molar-refractivity contribution in [1.29, 1.82) is 0 Å². The first-order valence-electron chi connectivity index (χ1n) is 6.00. The van der Waals surface area contributed by atoms with Gasteiger partial charge in [-0.3, -0.25) is 0 Å². The predicted molar refractivity (Wildman–Crippen MR) is 67.4 cm³/mol. The zero-order valence-corrected chi connectivity index (χ0v) is 11.0. The number of rotatable bonds is 2. The van der Waals surface area contributed by atoms with E-state index in [2.05, 4.69) is 4.98 Å². The SMILES string of the molecule is Cc1cn(-c2cc(C(C)C)cc(C(F)(F)F)c2)cn1. The van der Waals surface area contributed by atoms with Crippen molar-refractivity contribution in [2.45, 2.75) is 32.9 Å². The zero-order valence-electron chi connectivity index (χ0n) is 11.0. The Morgan fingerprint density at radius 2 is 1.84 bits per heavy atom. The molecule has 2 rings (SSSR count). The Morgan fingerprint density at radius 1 is 1.16 bits per heavy atom. The lowest BCUT2D eigenvalue weighted by molar-refractivity contribution is -0.137. The van der Waals surface area contributed by atoms with Gasteiger partial charge in [0.2, 0.25) is 0 Å². The summed E-state index contributed by atoms with van der Waals surface area (Å²) in [5.41, 5.74) is 1.29. The van der Waals surface area contributed by atoms with Crippen molar-refractivity contribution in [3.8, 4) is 5.69 Å². The molecular weight excluding hydrogens is 253 g/mol. The van der Waals surface area contributed by atoms with Gasteiger partial charge in [0.15, 0.2) is 0 Å². The van der Waals surface area contributed by atoms with E-state index in [0.717, 1.165) is 11.8 Å².